The number of rotatable bonds is 4. The van der Waals surface area contributed by atoms with E-state index in [4.69, 9.17) is 0 Å². The van der Waals surface area contributed by atoms with E-state index >= 15 is 0 Å². The Morgan fingerprint density at radius 1 is 1.05 bits per heavy atom. The summed E-state index contributed by atoms with van der Waals surface area (Å²) in [7, 11) is 1.96. The highest BCUT2D eigenvalue weighted by Gasteiger charge is 2.06. The van der Waals surface area contributed by atoms with Gasteiger partial charge in [0.1, 0.15) is 0 Å². The molecule has 0 bridgehead atoms. The number of aryl methyl sites for hydroxylation is 1. The van der Waals surface area contributed by atoms with Gasteiger partial charge in [0.2, 0.25) is 0 Å². The molecule has 0 saturated heterocycles. The third-order valence-electron chi connectivity index (χ3n) is 3.38. The summed E-state index contributed by atoms with van der Waals surface area (Å²) in [4.78, 5) is 12.1. The fourth-order valence-electron chi connectivity index (χ4n) is 2.24. The van der Waals surface area contributed by atoms with Crippen molar-refractivity contribution in [2.45, 2.75) is 6.54 Å². The molecule has 0 unspecified atom stereocenters. The third-order valence-corrected chi connectivity index (χ3v) is 3.38. The van der Waals surface area contributed by atoms with Crippen molar-refractivity contribution in [2.75, 3.05) is 0 Å². The molecule has 3 rings (SSSR count). The van der Waals surface area contributed by atoms with Gasteiger partial charge in [-0.25, -0.2) is 0 Å². The Labute approximate surface area is 123 Å². The van der Waals surface area contributed by atoms with Crippen LogP contribution in [-0.4, -0.2) is 15.0 Å². The van der Waals surface area contributed by atoms with Gasteiger partial charge in [-0.1, -0.05) is 0 Å². The SMILES string of the molecule is Cn1ccc(CNC(=O)c2ccc(-n3cccc3)cc2)c1. The molecule has 4 heteroatoms. The van der Waals surface area contributed by atoms with Crippen LogP contribution in [0, 0.1) is 0 Å². The van der Waals surface area contributed by atoms with E-state index in [-0.39, 0.29) is 5.91 Å². The molecule has 0 aliphatic rings. The van der Waals surface area contributed by atoms with E-state index in [0.717, 1.165) is 11.3 Å². The number of carbonyl (C=O) groups excluding carboxylic acids is 1. The molecule has 106 valence electrons. The lowest BCUT2D eigenvalue weighted by Crippen LogP contribution is -2.22. The fourth-order valence-corrected chi connectivity index (χ4v) is 2.24. The molecule has 1 aromatic carbocycles. The van der Waals surface area contributed by atoms with Crippen LogP contribution in [0.5, 0.6) is 0 Å². The summed E-state index contributed by atoms with van der Waals surface area (Å²) in [6.07, 6.45) is 7.91. The zero-order valence-corrected chi connectivity index (χ0v) is 11.9. The fraction of sp³-hybridized carbons (Fsp3) is 0.118. The predicted molar refractivity (Wildman–Crippen MR) is 82.4 cm³/mol. The van der Waals surface area contributed by atoms with Crippen molar-refractivity contribution in [3.8, 4) is 5.69 Å². The van der Waals surface area contributed by atoms with Crippen molar-refractivity contribution in [3.63, 3.8) is 0 Å². The maximum absolute atomic E-state index is 12.1. The Balaban J connectivity index is 1.65. The zero-order chi connectivity index (χ0) is 14.7. The first kappa shape index (κ1) is 13.2. The van der Waals surface area contributed by atoms with E-state index in [0.29, 0.717) is 12.1 Å². The second-order valence-corrected chi connectivity index (χ2v) is 5.01. The summed E-state index contributed by atoms with van der Waals surface area (Å²) in [6.45, 7) is 0.541. The molecule has 0 fully saturated rings. The Morgan fingerprint density at radius 3 is 2.38 bits per heavy atom. The van der Waals surface area contributed by atoms with E-state index in [1.807, 2.05) is 83.4 Å². The average Bonchev–Trinajstić information content (AvgIpc) is 3.16. The highest BCUT2D eigenvalue weighted by Crippen LogP contribution is 2.10. The molecular formula is C17H17N3O. The summed E-state index contributed by atoms with van der Waals surface area (Å²) in [5, 5.41) is 2.92. The van der Waals surface area contributed by atoms with Crippen molar-refractivity contribution < 1.29 is 4.79 Å². The standard InChI is InChI=1S/C17H17N3O/c1-19-11-8-14(13-19)12-18-17(21)15-4-6-16(7-5-15)20-9-2-3-10-20/h2-11,13H,12H2,1H3,(H,18,21). The average molecular weight is 279 g/mol. The monoisotopic (exact) mass is 279 g/mol. The van der Waals surface area contributed by atoms with Gasteiger partial charge in [-0.2, -0.15) is 0 Å². The highest BCUT2D eigenvalue weighted by atomic mass is 16.1. The van der Waals surface area contributed by atoms with E-state index in [1.54, 1.807) is 0 Å². The first-order valence-corrected chi connectivity index (χ1v) is 6.85. The maximum Gasteiger partial charge on any atom is 0.251 e. The number of nitrogens with one attached hydrogen (secondary N) is 1. The number of hydrogen-bond donors (Lipinski definition) is 1. The van der Waals surface area contributed by atoms with E-state index in [9.17, 15) is 4.79 Å². The van der Waals surface area contributed by atoms with Crippen LogP contribution in [0.2, 0.25) is 0 Å². The molecule has 0 radical (unpaired) electrons. The lowest BCUT2D eigenvalue weighted by molar-refractivity contribution is 0.0951. The number of aromatic nitrogens is 2. The van der Waals surface area contributed by atoms with Gasteiger partial charge in [0.15, 0.2) is 0 Å². The van der Waals surface area contributed by atoms with Gasteiger partial charge in [0.05, 0.1) is 0 Å². The topological polar surface area (TPSA) is 39.0 Å². The van der Waals surface area contributed by atoms with Gasteiger partial charge < -0.3 is 14.5 Å². The van der Waals surface area contributed by atoms with Crippen molar-refractivity contribution in [1.82, 2.24) is 14.5 Å². The van der Waals surface area contributed by atoms with Crippen LogP contribution in [0.1, 0.15) is 15.9 Å². The van der Waals surface area contributed by atoms with E-state index in [2.05, 4.69) is 5.32 Å². The molecule has 0 aliphatic carbocycles. The molecule has 0 aliphatic heterocycles. The van der Waals surface area contributed by atoms with Gasteiger partial charge in [-0.3, -0.25) is 4.79 Å². The molecule has 4 nitrogen and oxygen atoms in total. The minimum absolute atomic E-state index is 0.0575. The lowest BCUT2D eigenvalue weighted by atomic mass is 10.2. The van der Waals surface area contributed by atoms with Crippen LogP contribution in [0.15, 0.2) is 67.3 Å². The van der Waals surface area contributed by atoms with Gasteiger partial charge in [-0.15, -0.1) is 0 Å². The zero-order valence-electron chi connectivity index (χ0n) is 11.9. The summed E-state index contributed by atoms with van der Waals surface area (Å²) >= 11 is 0. The number of nitrogens with zero attached hydrogens (tertiary/aromatic N) is 2. The highest BCUT2D eigenvalue weighted by molar-refractivity contribution is 5.94. The largest absolute Gasteiger partial charge is 0.357 e. The van der Waals surface area contributed by atoms with Crippen LogP contribution in [0.3, 0.4) is 0 Å². The molecule has 1 amide bonds. The molecule has 0 spiro atoms. The van der Waals surface area contributed by atoms with Crippen LogP contribution in [-0.2, 0) is 13.6 Å². The molecular weight excluding hydrogens is 262 g/mol. The first-order chi connectivity index (χ1) is 10.2. The van der Waals surface area contributed by atoms with E-state index in [1.165, 1.54) is 0 Å². The van der Waals surface area contributed by atoms with Crippen molar-refractivity contribution in [3.05, 3.63) is 78.4 Å². The molecule has 21 heavy (non-hydrogen) atoms. The van der Waals surface area contributed by atoms with Crippen molar-refractivity contribution in [1.29, 1.82) is 0 Å². The van der Waals surface area contributed by atoms with Gasteiger partial charge >= 0.3 is 0 Å². The van der Waals surface area contributed by atoms with Crippen molar-refractivity contribution >= 4 is 5.91 Å². The lowest BCUT2D eigenvalue weighted by Gasteiger charge is -2.06. The number of benzene rings is 1. The predicted octanol–water partition coefficient (Wildman–Crippen LogP) is 2.75. The quantitative estimate of drug-likeness (QED) is 0.783. The summed E-state index contributed by atoms with van der Waals surface area (Å²) < 4.78 is 3.97. The molecule has 0 saturated carbocycles. The number of hydrogen-bond acceptors (Lipinski definition) is 1. The molecule has 2 aromatic heterocycles. The maximum atomic E-state index is 12.1. The molecule has 1 N–H and O–H groups in total. The summed E-state index contributed by atoms with van der Waals surface area (Å²) in [5.41, 5.74) is 2.80. The van der Waals surface area contributed by atoms with Crippen LogP contribution in [0.4, 0.5) is 0 Å². The van der Waals surface area contributed by atoms with E-state index < -0.39 is 0 Å². The van der Waals surface area contributed by atoms with Crippen LogP contribution >= 0.6 is 0 Å². The van der Waals surface area contributed by atoms with Gasteiger partial charge in [-0.05, 0) is 48.0 Å². The smallest absolute Gasteiger partial charge is 0.251 e. The number of carbonyl (C=O) groups is 1. The Hall–Kier alpha value is -2.75. The van der Waals surface area contributed by atoms with Gasteiger partial charge in [0, 0.05) is 49.6 Å². The second kappa shape index (κ2) is 5.71. The summed E-state index contributed by atoms with van der Waals surface area (Å²) in [5.74, 6) is -0.0575. The second-order valence-electron chi connectivity index (χ2n) is 5.01. The Morgan fingerprint density at radius 2 is 1.76 bits per heavy atom. The molecule has 2 heterocycles. The Kier molecular flexibility index (Phi) is 3.60. The Bertz CT molecular complexity index is 724. The van der Waals surface area contributed by atoms with Crippen LogP contribution in [0.25, 0.3) is 5.69 Å². The van der Waals surface area contributed by atoms with Crippen LogP contribution < -0.4 is 5.32 Å². The molecule has 3 aromatic rings. The minimum Gasteiger partial charge on any atom is -0.357 e. The molecule has 0 atom stereocenters. The first-order valence-electron chi connectivity index (χ1n) is 6.85. The minimum atomic E-state index is -0.0575. The summed E-state index contributed by atoms with van der Waals surface area (Å²) in [6, 6.07) is 13.5. The third kappa shape index (κ3) is 3.05. The van der Waals surface area contributed by atoms with Gasteiger partial charge in [0.25, 0.3) is 5.91 Å². The number of amides is 1. The normalized spacial score (nSPS) is 10.5. The van der Waals surface area contributed by atoms with Crippen molar-refractivity contribution in [2.24, 2.45) is 7.05 Å².